The van der Waals surface area contributed by atoms with Crippen LogP contribution in [0.2, 0.25) is 0 Å². The Morgan fingerprint density at radius 2 is 1.74 bits per heavy atom. The first-order valence-corrected chi connectivity index (χ1v) is 16.2. The van der Waals surface area contributed by atoms with Gasteiger partial charge in [-0.2, -0.15) is 0 Å². The zero-order valence-electron chi connectivity index (χ0n) is 21.4. The minimum Gasteiger partial charge on any atom is -0.394 e. The average Bonchev–Trinajstić information content (AvgIpc) is 3.57. The molecule has 2 fully saturated rings. The summed E-state index contributed by atoms with van der Waals surface area (Å²) in [5, 5.41) is 31.0. The summed E-state index contributed by atoms with van der Waals surface area (Å²) in [7, 11) is -5.19. The number of H-pyrrole nitrogens is 1. The zero-order valence-corrected chi connectivity index (χ0v) is 24.0. The van der Waals surface area contributed by atoms with Gasteiger partial charge in [-0.05, 0) is 11.8 Å². The third-order valence-corrected chi connectivity index (χ3v) is 8.27. The molecular formula is C19H25N7O14P2S. The molecule has 9 atom stereocenters. The Kier molecular flexibility index (Phi) is 8.97. The number of nitrogens with two attached hydrogens (primary N) is 1. The molecule has 0 aliphatic carbocycles. The molecule has 3 aromatic heterocycles. The lowest BCUT2D eigenvalue weighted by Crippen LogP contribution is -2.40. The number of aliphatic hydroxyl groups excluding tert-OH is 3. The molecular weight excluding hydrogens is 644 g/mol. The molecule has 9 N–H and O–H groups in total. The molecule has 0 saturated carbocycles. The van der Waals surface area contributed by atoms with Crippen molar-refractivity contribution >= 4 is 43.3 Å². The quantitative estimate of drug-likeness (QED) is 0.0974. The van der Waals surface area contributed by atoms with E-state index in [1.165, 1.54) is 10.9 Å². The van der Waals surface area contributed by atoms with Gasteiger partial charge >= 0.3 is 20.2 Å². The molecule has 3 aromatic rings. The maximum Gasteiger partial charge on any atom is 0.472 e. The number of hydrogen-bond donors (Lipinski definition) is 8. The van der Waals surface area contributed by atoms with Crippen molar-refractivity contribution in [1.29, 1.82) is 0 Å². The van der Waals surface area contributed by atoms with E-state index in [9.17, 15) is 44.2 Å². The summed E-state index contributed by atoms with van der Waals surface area (Å²) in [4.78, 5) is 67.8. The molecule has 2 aliphatic heterocycles. The number of aromatic nitrogens is 6. The minimum atomic E-state index is -5.19. The van der Waals surface area contributed by atoms with E-state index in [-0.39, 0.29) is 17.0 Å². The van der Waals surface area contributed by atoms with Crippen molar-refractivity contribution in [2.75, 3.05) is 18.9 Å². The van der Waals surface area contributed by atoms with Crippen molar-refractivity contribution in [2.24, 2.45) is 0 Å². The fraction of sp³-hybridized carbons (Fsp3) is 0.526. The van der Waals surface area contributed by atoms with Gasteiger partial charge in [0.05, 0.1) is 19.5 Å². The van der Waals surface area contributed by atoms with Gasteiger partial charge in [0.1, 0.15) is 48.5 Å². The summed E-state index contributed by atoms with van der Waals surface area (Å²) >= 11 is 4.51. The molecule has 0 amide bonds. The molecule has 43 heavy (non-hydrogen) atoms. The van der Waals surface area contributed by atoms with Gasteiger partial charge in [0, 0.05) is 12.3 Å². The number of aliphatic hydroxyl groups is 3. The van der Waals surface area contributed by atoms with Crippen LogP contribution in [0.1, 0.15) is 12.5 Å². The fourth-order valence-electron chi connectivity index (χ4n) is 4.61. The van der Waals surface area contributed by atoms with Crippen molar-refractivity contribution in [1.82, 2.24) is 29.1 Å². The highest BCUT2D eigenvalue weighted by Gasteiger charge is 2.52. The number of phosphoric ester groups is 1. The molecule has 0 radical (unpaired) electrons. The Balaban J connectivity index is 1.32. The summed E-state index contributed by atoms with van der Waals surface area (Å²) in [5.41, 5.74) is 4.35. The number of nitrogen functional groups attached to an aromatic ring is 1. The van der Waals surface area contributed by atoms with Crippen molar-refractivity contribution in [2.45, 2.75) is 49.1 Å². The van der Waals surface area contributed by atoms with Gasteiger partial charge < -0.3 is 45.2 Å². The van der Waals surface area contributed by atoms with Gasteiger partial charge in [-0.25, -0.2) is 24.3 Å². The van der Waals surface area contributed by atoms with Crippen LogP contribution in [0.15, 0.2) is 34.5 Å². The normalized spacial score (nSPS) is 31.0. The molecule has 0 bridgehead atoms. The number of imidazole rings is 1. The van der Waals surface area contributed by atoms with E-state index in [1.54, 1.807) is 0 Å². The Labute approximate surface area is 243 Å². The number of ether oxygens (including phenoxy) is 2. The summed E-state index contributed by atoms with van der Waals surface area (Å²) in [6, 6.07) is 0.932. The van der Waals surface area contributed by atoms with Crippen LogP contribution in [0, 0.1) is 0 Å². The summed E-state index contributed by atoms with van der Waals surface area (Å²) in [6.45, 7) is -6.26. The third kappa shape index (κ3) is 6.62. The van der Waals surface area contributed by atoms with Crippen LogP contribution in [-0.4, -0.2) is 109 Å². The maximum atomic E-state index is 13.0. The standard InChI is InChI=1S/C19H25N7O14P2S/c20-15-10-16(22-5-21-15)26(6-23-10)17-12(30)11(29)8(38-17)4-36-41(32,33)39-13-7(3-27)37-18(14(13)40-42(34,35)43)25-2-1-9(28)24-19(25)31/h1-2,5-8,11-14,17-18,27,29-30H,3-4H2,(H,32,33)(H2,20,21,22)(H,24,28,31)(H2,34,35,43)/t7-,8-,11-,12-,13-,14-,17-,18-/m1/s1. The van der Waals surface area contributed by atoms with E-state index in [0.29, 0.717) is 0 Å². The number of phosphoric acid groups is 1. The molecule has 0 spiro atoms. The maximum absolute atomic E-state index is 13.0. The number of anilines is 1. The van der Waals surface area contributed by atoms with Crippen LogP contribution in [0.3, 0.4) is 0 Å². The molecule has 24 heteroatoms. The van der Waals surface area contributed by atoms with E-state index in [2.05, 4.69) is 26.8 Å². The highest BCUT2D eigenvalue weighted by Crippen LogP contribution is 2.52. The lowest BCUT2D eigenvalue weighted by atomic mass is 10.1. The minimum absolute atomic E-state index is 0.0554. The highest BCUT2D eigenvalue weighted by molar-refractivity contribution is 8.06. The Morgan fingerprint density at radius 1 is 1.02 bits per heavy atom. The van der Waals surface area contributed by atoms with Gasteiger partial charge in [0.15, 0.2) is 23.9 Å². The van der Waals surface area contributed by atoms with Crippen molar-refractivity contribution < 1.29 is 57.6 Å². The number of rotatable bonds is 10. The first-order valence-electron chi connectivity index (χ1n) is 12.1. The first-order chi connectivity index (χ1) is 20.2. The SMILES string of the molecule is Nc1ncnc2c1ncn2[C@@H]1O[C@H](COP(=O)(O)O[C@H]2[C@@H](OP(O)(O)=S)[C@H](n3ccc(=O)[nH]c3=O)O[C@@H]2CO)[C@@H](O)[C@H]1O. The first kappa shape index (κ1) is 31.9. The van der Waals surface area contributed by atoms with Gasteiger partial charge in [-0.3, -0.25) is 32.5 Å². The Hall–Kier alpha value is -2.53. The van der Waals surface area contributed by atoms with Gasteiger partial charge in [0.2, 0.25) is 0 Å². The molecule has 5 rings (SSSR count). The van der Waals surface area contributed by atoms with E-state index in [4.69, 9.17) is 28.8 Å². The summed E-state index contributed by atoms with van der Waals surface area (Å²) in [5.74, 6) is 0.0554. The second kappa shape index (κ2) is 12.1. The highest BCUT2D eigenvalue weighted by atomic mass is 32.5. The second-order valence-electron chi connectivity index (χ2n) is 9.29. The molecule has 0 aromatic carbocycles. The molecule has 2 aliphatic rings. The summed E-state index contributed by atoms with van der Waals surface area (Å²) < 4.78 is 41.4. The van der Waals surface area contributed by atoms with Gasteiger partial charge in [-0.1, -0.05) is 0 Å². The molecule has 1 unspecified atom stereocenters. The monoisotopic (exact) mass is 669 g/mol. The smallest absolute Gasteiger partial charge is 0.394 e. The van der Waals surface area contributed by atoms with Crippen LogP contribution in [0.4, 0.5) is 5.82 Å². The largest absolute Gasteiger partial charge is 0.472 e. The van der Waals surface area contributed by atoms with Crippen LogP contribution in [-0.2, 0) is 39.4 Å². The van der Waals surface area contributed by atoms with Crippen LogP contribution < -0.4 is 17.0 Å². The van der Waals surface area contributed by atoms with Crippen LogP contribution in [0.5, 0.6) is 0 Å². The predicted octanol–water partition coefficient (Wildman–Crippen LogP) is -3.44. The fourth-order valence-corrected chi connectivity index (χ4v) is 6.41. The number of hydrogen-bond acceptors (Lipinski definition) is 16. The summed E-state index contributed by atoms with van der Waals surface area (Å²) in [6.07, 6.45) is -9.25. The van der Waals surface area contributed by atoms with Crippen LogP contribution >= 0.6 is 14.5 Å². The van der Waals surface area contributed by atoms with Crippen LogP contribution in [0.25, 0.3) is 11.2 Å². The molecule has 236 valence electrons. The predicted molar refractivity (Wildman–Crippen MR) is 142 cm³/mol. The van der Waals surface area contributed by atoms with E-state index < -0.39 is 88.1 Å². The lowest BCUT2D eigenvalue weighted by molar-refractivity contribution is -0.0593. The van der Waals surface area contributed by atoms with Crippen molar-refractivity contribution in [3.8, 4) is 0 Å². The van der Waals surface area contributed by atoms with E-state index >= 15 is 0 Å². The van der Waals surface area contributed by atoms with Crippen molar-refractivity contribution in [3.05, 3.63) is 45.8 Å². The number of fused-ring (bicyclic) bond motifs is 1. The topological polar surface area (TPSA) is 309 Å². The third-order valence-electron chi connectivity index (χ3n) is 6.51. The number of nitrogens with zero attached hydrogens (tertiary/aromatic N) is 5. The molecule has 2 saturated heterocycles. The van der Waals surface area contributed by atoms with E-state index in [0.717, 1.165) is 23.2 Å². The Bertz CT molecular complexity index is 1700. The molecule has 21 nitrogen and oxygen atoms in total. The second-order valence-corrected chi connectivity index (χ2v) is 13.3. The molecule has 5 heterocycles. The van der Waals surface area contributed by atoms with Gasteiger partial charge in [-0.15, -0.1) is 0 Å². The van der Waals surface area contributed by atoms with Crippen molar-refractivity contribution in [3.63, 3.8) is 0 Å². The van der Waals surface area contributed by atoms with E-state index in [1.807, 2.05) is 4.98 Å². The number of nitrogens with one attached hydrogen (secondary N) is 1. The average molecular weight is 669 g/mol. The Morgan fingerprint density at radius 3 is 2.42 bits per heavy atom. The zero-order chi connectivity index (χ0) is 31.3. The lowest BCUT2D eigenvalue weighted by Gasteiger charge is -2.27. The van der Waals surface area contributed by atoms with Gasteiger partial charge in [0.25, 0.3) is 5.56 Å². The number of aromatic amines is 1.